The van der Waals surface area contributed by atoms with Crippen LogP contribution in [0.5, 0.6) is 11.8 Å². The highest BCUT2D eigenvalue weighted by atomic mass is 16.5. The molecule has 0 aliphatic rings. The van der Waals surface area contributed by atoms with Gasteiger partial charge in [-0.1, -0.05) is 30.3 Å². The summed E-state index contributed by atoms with van der Waals surface area (Å²) < 4.78 is 10.3. The van der Waals surface area contributed by atoms with Gasteiger partial charge in [0.2, 0.25) is 17.7 Å². The number of nitrogens with one attached hydrogen (secondary N) is 1. The SMILES string of the molecule is COc1cc(OC)nc(N/N=C(\c2ccccc2)c2cccnc2)n1. The first-order chi connectivity index (χ1) is 12.3. The van der Waals surface area contributed by atoms with E-state index in [0.717, 1.165) is 16.8 Å². The normalized spacial score (nSPS) is 11.0. The average molecular weight is 335 g/mol. The van der Waals surface area contributed by atoms with Crippen molar-refractivity contribution in [2.45, 2.75) is 0 Å². The molecule has 0 radical (unpaired) electrons. The second-order valence-electron chi connectivity index (χ2n) is 4.96. The number of nitrogens with zero attached hydrogens (tertiary/aromatic N) is 4. The first kappa shape index (κ1) is 16.4. The Morgan fingerprint density at radius 1 is 0.920 bits per heavy atom. The Morgan fingerprint density at radius 3 is 2.20 bits per heavy atom. The molecule has 7 nitrogen and oxygen atoms in total. The third-order valence-electron chi connectivity index (χ3n) is 3.35. The zero-order valence-electron chi connectivity index (χ0n) is 13.9. The minimum atomic E-state index is 0.272. The van der Waals surface area contributed by atoms with Crippen molar-refractivity contribution in [1.82, 2.24) is 15.0 Å². The van der Waals surface area contributed by atoms with Gasteiger partial charge in [0.1, 0.15) is 0 Å². The lowest BCUT2D eigenvalue weighted by atomic mass is 10.0. The molecule has 1 aromatic carbocycles. The lowest BCUT2D eigenvalue weighted by Crippen LogP contribution is -2.08. The van der Waals surface area contributed by atoms with Gasteiger partial charge >= 0.3 is 0 Å². The van der Waals surface area contributed by atoms with Crippen LogP contribution in [0.2, 0.25) is 0 Å². The minimum absolute atomic E-state index is 0.272. The molecule has 0 aliphatic heterocycles. The molecule has 0 atom stereocenters. The van der Waals surface area contributed by atoms with E-state index in [2.05, 4.69) is 25.5 Å². The van der Waals surface area contributed by atoms with Gasteiger partial charge in [0, 0.05) is 23.5 Å². The number of hydrogen-bond acceptors (Lipinski definition) is 7. The fourth-order valence-corrected chi connectivity index (χ4v) is 2.16. The van der Waals surface area contributed by atoms with Crippen molar-refractivity contribution in [2.75, 3.05) is 19.6 Å². The van der Waals surface area contributed by atoms with Crippen molar-refractivity contribution < 1.29 is 9.47 Å². The molecule has 0 fully saturated rings. The van der Waals surface area contributed by atoms with Crippen LogP contribution < -0.4 is 14.9 Å². The largest absolute Gasteiger partial charge is 0.481 e. The summed E-state index contributed by atoms with van der Waals surface area (Å²) in [6, 6.07) is 15.2. The topological polar surface area (TPSA) is 81.5 Å². The first-order valence-electron chi connectivity index (χ1n) is 7.56. The van der Waals surface area contributed by atoms with Crippen molar-refractivity contribution in [2.24, 2.45) is 5.10 Å². The molecule has 0 spiro atoms. The van der Waals surface area contributed by atoms with Gasteiger partial charge in [0.15, 0.2) is 0 Å². The Hall–Kier alpha value is -3.48. The molecule has 3 rings (SSSR count). The fraction of sp³-hybridized carbons (Fsp3) is 0.111. The number of ether oxygens (including phenoxy) is 2. The quantitative estimate of drug-likeness (QED) is 0.551. The molecular formula is C18H17N5O2. The van der Waals surface area contributed by atoms with E-state index >= 15 is 0 Å². The van der Waals surface area contributed by atoms with Crippen LogP contribution in [0.1, 0.15) is 11.1 Å². The molecule has 7 heteroatoms. The van der Waals surface area contributed by atoms with E-state index in [4.69, 9.17) is 9.47 Å². The van der Waals surface area contributed by atoms with Gasteiger partial charge in [-0.25, -0.2) is 5.43 Å². The second kappa shape index (κ2) is 7.87. The molecular weight excluding hydrogens is 318 g/mol. The molecule has 0 saturated heterocycles. The lowest BCUT2D eigenvalue weighted by molar-refractivity contribution is 0.373. The number of hydrazone groups is 1. The Balaban J connectivity index is 1.97. The molecule has 0 aliphatic carbocycles. The number of benzene rings is 1. The van der Waals surface area contributed by atoms with Crippen LogP contribution in [-0.4, -0.2) is 34.9 Å². The van der Waals surface area contributed by atoms with Gasteiger partial charge in [0.25, 0.3) is 0 Å². The second-order valence-corrected chi connectivity index (χ2v) is 4.96. The molecule has 3 aromatic rings. The number of rotatable bonds is 6. The number of pyridine rings is 1. The van der Waals surface area contributed by atoms with E-state index in [1.165, 1.54) is 14.2 Å². The van der Waals surface area contributed by atoms with Crippen LogP contribution >= 0.6 is 0 Å². The van der Waals surface area contributed by atoms with E-state index < -0.39 is 0 Å². The highest BCUT2D eigenvalue weighted by molar-refractivity contribution is 6.12. The standard InChI is InChI=1S/C18H17N5O2/c1-24-15-11-16(25-2)21-18(20-15)23-22-17(13-7-4-3-5-8-13)14-9-6-10-19-12-14/h3-12H,1-2H3,(H,20,21,23)/b22-17+. The molecule has 0 amide bonds. The highest BCUT2D eigenvalue weighted by Crippen LogP contribution is 2.18. The van der Waals surface area contributed by atoms with Gasteiger partial charge in [-0.2, -0.15) is 15.1 Å². The number of hydrogen-bond donors (Lipinski definition) is 1. The maximum absolute atomic E-state index is 5.14. The fourth-order valence-electron chi connectivity index (χ4n) is 2.16. The van der Waals surface area contributed by atoms with E-state index in [-0.39, 0.29) is 5.95 Å². The predicted octanol–water partition coefficient (Wildman–Crippen LogP) is 2.75. The molecule has 2 aromatic heterocycles. The summed E-state index contributed by atoms with van der Waals surface area (Å²) in [7, 11) is 3.06. The van der Waals surface area contributed by atoms with E-state index in [1.54, 1.807) is 18.5 Å². The van der Waals surface area contributed by atoms with Crippen molar-refractivity contribution in [3.05, 3.63) is 72.1 Å². The van der Waals surface area contributed by atoms with Crippen LogP contribution in [0.3, 0.4) is 0 Å². The summed E-state index contributed by atoms with van der Waals surface area (Å²) in [5.74, 6) is 1.04. The summed E-state index contributed by atoms with van der Waals surface area (Å²) in [6.07, 6.45) is 3.47. The maximum atomic E-state index is 5.14. The van der Waals surface area contributed by atoms with E-state index in [1.807, 2.05) is 42.5 Å². The minimum Gasteiger partial charge on any atom is -0.481 e. The van der Waals surface area contributed by atoms with E-state index in [0.29, 0.717) is 11.8 Å². The van der Waals surface area contributed by atoms with Crippen molar-refractivity contribution in [1.29, 1.82) is 0 Å². The van der Waals surface area contributed by atoms with Gasteiger partial charge in [-0.15, -0.1) is 0 Å². The van der Waals surface area contributed by atoms with Crippen LogP contribution in [-0.2, 0) is 0 Å². The van der Waals surface area contributed by atoms with Gasteiger partial charge < -0.3 is 9.47 Å². The molecule has 2 heterocycles. The number of methoxy groups -OCH3 is 2. The number of anilines is 1. The van der Waals surface area contributed by atoms with Gasteiger partial charge in [-0.3, -0.25) is 4.98 Å². The summed E-state index contributed by atoms with van der Waals surface area (Å²) in [4.78, 5) is 12.6. The Kier molecular flexibility index (Phi) is 5.16. The zero-order chi connectivity index (χ0) is 17.5. The summed E-state index contributed by atoms with van der Waals surface area (Å²) in [6.45, 7) is 0. The van der Waals surface area contributed by atoms with Crippen LogP contribution in [0.25, 0.3) is 0 Å². The van der Waals surface area contributed by atoms with Gasteiger partial charge in [-0.05, 0) is 12.1 Å². The van der Waals surface area contributed by atoms with Crippen LogP contribution in [0, 0.1) is 0 Å². The molecule has 0 unspecified atom stereocenters. The van der Waals surface area contributed by atoms with Crippen molar-refractivity contribution >= 4 is 11.7 Å². The summed E-state index contributed by atoms with van der Waals surface area (Å²) in [5.41, 5.74) is 5.40. The monoisotopic (exact) mass is 335 g/mol. The predicted molar refractivity (Wildman–Crippen MR) is 95.1 cm³/mol. The van der Waals surface area contributed by atoms with Crippen molar-refractivity contribution in [3.8, 4) is 11.8 Å². The number of aromatic nitrogens is 3. The molecule has 1 N–H and O–H groups in total. The first-order valence-corrected chi connectivity index (χ1v) is 7.56. The lowest BCUT2D eigenvalue weighted by Gasteiger charge is -2.09. The van der Waals surface area contributed by atoms with Crippen LogP contribution in [0.15, 0.2) is 66.0 Å². The summed E-state index contributed by atoms with van der Waals surface area (Å²) in [5, 5.41) is 4.48. The molecule has 0 bridgehead atoms. The smallest absolute Gasteiger partial charge is 0.250 e. The molecule has 0 saturated carbocycles. The Labute approximate surface area is 145 Å². The maximum Gasteiger partial charge on any atom is 0.250 e. The Morgan fingerprint density at radius 2 is 1.60 bits per heavy atom. The average Bonchev–Trinajstić information content (AvgIpc) is 2.69. The van der Waals surface area contributed by atoms with Gasteiger partial charge in [0.05, 0.1) is 26.0 Å². The van der Waals surface area contributed by atoms with E-state index in [9.17, 15) is 0 Å². The van der Waals surface area contributed by atoms with Crippen LogP contribution in [0.4, 0.5) is 5.95 Å². The Bertz CT molecular complexity index is 790. The molecule has 126 valence electrons. The van der Waals surface area contributed by atoms with Crippen molar-refractivity contribution in [3.63, 3.8) is 0 Å². The highest BCUT2D eigenvalue weighted by Gasteiger charge is 2.09. The third-order valence-corrected chi connectivity index (χ3v) is 3.35. The zero-order valence-corrected chi connectivity index (χ0v) is 13.9. The summed E-state index contributed by atoms with van der Waals surface area (Å²) >= 11 is 0. The molecule has 25 heavy (non-hydrogen) atoms. The third kappa shape index (κ3) is 4.08.